The molecule has 0 aliphatic heterocycles. The topological polar surface area (TPSA) is 70.5 Å². The lowest BCUT2D eigenvalue weighted by Gasteiger charge is -2.16. The number of hydrogen-bond donors (Lipinski definition) is 1. The monoisotopic (exact) mass is 236 g/mol. The molecule has 1 heterocycles. The lowest BCUT2D eigenvalue weighted by molar-refractivity contribution is -0.118. The molecule has 0 aliphatic rings. The van der Waals surface area contributed by atoms with Crippen LogP contribution in [-0.4, -0.2) is 29.0 Å². The third kappa shape index (κ3) is 3.55. The van der Waals surface area contributed by atoms with E-state index in [1.807, 2.05) is 6.92 Å². The van der Waals surface area contributed by atoms with Crippen LogP contribution in [0.3, 0.4) is 0 Å². The highest BCUT2D eigenvalue weighted by atomic mass is 16.4. The number of carboxylic acid groups (broad SMARTS) is 1. The summed E-state index contributed by atoms with van der Waals surface area (Å²) in [6.45, 7) is 2.01. The first kappa shape index (κ1) is 13.2. The first-order valence-electron chi connectivity index (χ1n) is 5.52. The second kappa shape index (κ2) is 5.98. The van der Waals surface area contributed by atoms with Gasteiger partial charge in [0.15, 0.2) is 0 Å². The summed E-state index contributed by atoms with van der Waals surface area (Å²) in [6.07, 6.45) is 3.61. The highest BCUT2D eigenvalue weighted by molar-refractivity contribution is 5.94. The van der Waals surface area contributed by atoms with Gasteiger partial charge in [-0.15, -0.1) is 0 Å². The van der Waals surface area contributed by atoms with Crippen LogP contribution in [0, 0.1) is 0 Å². The number of carbonyl (C=O) groups excluding carboxylic acids is 1. The molecule has 1 aromatic rings. The molecule has 0 fully saturated rings. The standard InChI is InChI=1S/C12H16N2O3/c1-3-4-5-11(15)14(2)10-8-9(12(16)17)6-7-13-10/h6-8H,3-5H2,1-2H3,(H,16,17). The van der Waals surface area contributed by atoms with Crippen LogP contribution >= 0.6 is 0 Å². The van der Waals surface area contributed by atoms with Crippen molar-refractivity contribution in [3.05, 3.63) is 23.9 Å². The second-order valence-electron chi connectivity index (χ2n) is 3.76. The zero-order valence-corrected chi connectivity index (χ0v) is 10.0. The molecule has 0 atom stereocenters. The Hall–Kier alpha value is -1.91. The molecule has 1 N–H and O–H groups in total. The predicted octanol–water partition coefficient (Wildman–Crippen LogP) is 1.93. The summed E-state index contributed by atoms with van der Waals surface area (Å²) in [7, 11) is 1.60. The van der Waals surface area contributed by atoms with Crippen LogP contribution in [0.15, 0.2) is 18.3 Å². The molecule has 1 aromatic heterocycles. The van der Waals surface area contributed by atoms with Gasteiger partial charge in [-0.05, 0) is 18.6 Å². The van der Waals surface area contributed by atoms with Gasteiger partial charge < -0.3 is 5.11 Å². The van der Waals surface area contributed by atoms with E-state index in [-0.39, 0.29) is 11.5 Å². The summed E-state index contributed by atoms with van der Waals surface area (Å²) in [5.41, 5.74) is 0.130. The van der Waals surface area contributed by atoms with Gasteiger partial charge in [-0.1, -0.05) is 13.3 Å². The number of rotatable bonds is 5. The molecule has 0 saturated heterocycles. The van der Waals surface area contributed by atoms with E-state index in [2.05, 4.69) is 4.98 Å². The van der Waals surface area contributed by atoms with Crippen LogP contribution < -0.4 is 4.90 Å². The van der Waals surface area contributed by atoms with Crippen molar-refractivity contribution in [1.82, 2.24) is 4.98 Å². The Morgan fingerprint density at radius 1 is 1.47 bits per heavy atom. The van der Waals surface area contributed by atoms with Crippen molar-refractivity contribution in [2.24, 2.45) is 0 Å². The molecule has 17 heavy (non-hydrogen) atoms. The van der Waals surface area contributed by atoms with Crippen molar-refractivity contribution in [3.63, 3.8) is 0 Å². The smallest absolute Gasteiger partial charge is 0.335 e. The minimum atomic E-state index is -1.02. The largest absolute Gasteiger partial charge is 0.478 e. The van der Waals surface area contributed by atoms with E-state index in [1.54, 1.807) is 7.05 Å². The van der Waals surface area contributed by atoms with Crippen molar-refractivity contribution in [2.75, 3.05) is 11.9 Å². The molecule has 0 aromatic carbocycles. The zero-order chi connectivity index (χ0) is 12.8. The van der Waals surface area contributed by atoms with E-state index < -0.39 is 5.97 Å². The Balaban J connectivity index is 2.81. The normalized spacial score (nSPS) is 10.0. The third-order valence-corrected chi connectivity index (χ3v) is 2.45. The van der Waals surface area contributed by atoms with Crippen LogP contribution in [0.1, 0.15) is 36.5 Å². The summed E-state index contributed by atoms with van der Waals surface area (Å²) in [5, 5.41) is 8.84. The maximum absolute atomic E-state index is 11.7. The SMILES string of the molecule is CCCCC(=O)N(C)c1cc(C(=O)O)ccn1. The fourth-order valence-corrected chi connectivity index (χ4v) is 1.36. The van der Waals surface area contributed by atoms with Gasteiger partial charge in [-0.2, -0.15) is 0 Å². The van der Waals surface area contributed by atoms with Gasteiger partial charge in [0.2, 0.25) is 5.91 Å². The van der Waals surface area contributed by atoms with Crippen LogP contribution in [0.4, 0.5) is 5.82 Å². The fraction of sp³-hybridized carbons (Fsp3) is 0.417. The predicted molar refractivity (Wildman–Crippen MR) is 64.1 cm³/mol. The Morgan fingerprint density at radius 3 is 2.76 bits per heavy atom. The van der Waals surface area contributed by atoms with Crippen molar-refractivity contribution < 1.29 is 14.7 Å². The molecular formula is C12H16N2O3. The number of aromatic nitrogens is 1. The summed E-state index contributed by atoms with van der Waals surface area (Å²) < 4.78 is 0. The summed E-state index contributed by atoms with van der Waals surface area (Å²) in [5.74, 6) is -0.712. The Kier molecular flexibility index (Phi) is 4.63. The lowest BCUT2D eigenvalue weighted by atomic mass is 10.2. The van der Waals surface area contributed by atoms with E-state index in [1.165, 1.54) is 23.2 Å². The summed E-state index contributed by atoms with van der Waals surface area (Å²) in [6, 6.07) is 2.79. The van der Waals surface area contributed by atoms with Gasteiger partial charge in [-0.3, -0.25) is 9.69 Å². The number of carboxylic acids is 1. The van der Waals surface area contributed by atoms with Crippen LogP contribution in [0.5, 0.6) is 0 Å². The van der Waals surface area contributed by atoms with Gasteiger partial charge in [0, 0.05) is 19.7 Å². The number of hydrogen-bond acceptors (Lipinski definition) is 3. The molecule has 0 saturated carbocycles. The first-order chi connectivity index (χ1) is 8.06. The number of nitrogens with zero attached hydrogens (tertiary/aromatic N) is 2. The lowest BCUT2D eigenvalue weighted by Crippen LogP contribution is -2.26. The second-order valence-corrected chi connectivity index (χ2v) is 3.76. The molecule has 5 heteroatoms. The summed E-state index contributed by atoms with van der Waals surface area (Å²) >= 11 is 0. The van der Waals surface area contributed by atoms with Crippen LogP contribution in [0.25, 0.3) is 0 Å². The third-order valence-electron chi connectivity index (χ3n) is 2.45. The fourth-order valence-electron chi connectivity index (χ4n) is 1.36. The number of anilines is 1. The molecule has 92 valence electrons. The minimum Gasteiger partial charge on any atom is -0.478 e. The van der Waals surface area contributed by atoms with Crippen LogP contribution in [0.2, 0.25) is 0 Å². The first-order valence-corrected chi connectivity index (χ1v) is 5.52. The van der Waals surface area contributed by atoms with Gasteiger partial charge in [0.05, 0.1) is 5.56 Å². The van der Waals surface area contributed by atoms with Gasteiger partial charge in [0.1, 0.15) is 5.82 Å². The Morgan fingerprint density at radius 2 is 2.18 bits per heavy atom. The average molecular weight is 236 g/mol. The molecule has 0 spiro atoms. The zero-order valence-electron chi connectivity index (χ0n) is 10.0. The van der Waals surface area contributed by atoms with Crippen molar-refractivity contribution in [2.45, 2.75) is 26.2 Å². The molecule has 0 radical (unpaired) electrons. The van der Waals surface area contributed by atoms with Crippen molar-refractivity contribution in [1.29, 1.82) is 0 Å². The highest BCUT2D eigenvalue weighted by Crippen LogP contribution is 2.13. The van der Waals surface area contributed by atoms with Crippen molar-refractivity contribution in [3.8, 4) is 0 Å². The minimum absolute atomic E-state index is 0.0538. The van der Waals surface area contributed by atoms with E-state index in [0.717, 1.165) is 12.8 Å². The summed E-state index contributed by atoms with van der Waals surface area (Å²) in [4.78, 5) is 27.9. The molecule has 0 bridgehead atoms. The van der Waals surface area contributed by atoms with E-state index in [9.17, 15) is 9.59 Å². The number of amides is 1. The molecular weight excluding hydrogens is 220 g/mol. The maximum atomic E-state index is 11.7. The molecule has 1 rings (SSSR count). The number of aromatic carboxylic acids is 1. The number of carbonyl (C=O) groups is 2. The quantitative estimate of drug-likeness (QED) is 0.848. The average Bonchev–Trinajstić information content (AvgIpc) is 2.35. The van der Waals surface area contributed by atoms with Gasteiger partial charge in [-0.25, -0.2) is 9.78 Å². The molecule has 0 unspecified atom stereocenters. The number of pyridine rings is 1. The maximum Gasteiger partial charge on any atom is 0.335 e. The molecule has 0 aliphatic carbocycles. The Labute approximate surface area is 100 Å². The molecule has 1 amide bonds. The molecule has 5 nitrogen and oxygen atoms in total. The van der Waals surface area contributed by atoms with E-state index >= 15 is 0 Å². The Bertz CT molecular complexity index is 418. The highest BCUT2D eigenvalue weighted by Gasteiger charge is 2.13. The van der Waals surface area contributed by atoms with Gasteiger partial charge in [0.25, 0.3) is 0 Å². The van der Waals surface area contributed by atoms with E-state index in [0.29, 0.717) is 12.2 Å². The van der Waals surface area contributed by atoms with Gasteiger partial charge >= 0.3 is 5.97 Å². The number of unbranched alkanes of at least 4 members (excludes halogenated alkanes) is 1. The van der Waals surface area contributed by atoms with Crippen molar-refractivity contribution >= 4 is 17.7 Å². The van der Waals surface area contributed by atoms with E-state index in [4.69, 9.17) is 5.11 Å². The van der Waals surface area contributed by atoms with Crippen LogP contribution in [-0.2, 0) is 4.79 Å².